The van der Waals surface area contributed by atoms with E-state index in [1.165, 1.54) is 6.07 Å². The lowest BCUT2D eigenvalue weighted by molar-refractivity contribution is -0.0882. The highest BCUT2D eigenvalue weighted by Crippen LogP contribution is 2.32. The molecule has 0 fully saturated rings. The Kier molecular flexibility index (Phi) is 5.75. The number of hydrogen-bond acceptors (Lipinski definition) is 5. The monoisotopic (exact) mass is 455 g/mol. The summed E-state index contributed by atoms with van der Waals surface area (Å²) in [5.41, 5.74) is 3.34. The molecule has 0 aliphatic rings. The van der Waals surface area contributed by atoms with E-state index in [1.54, 1.807) is 48.6 Å². The summed E-state index contributed by atoms with van der Waals surface area (Å²) in [7, 11) is 1.67. The number of hydrogen-bond donors (Lipinski definition) is 0. The van der Waals surface area contributed by atoms with Gasteiger partial charge in [0.1, 0.15) is 0 Å². The zero-order valence-corrected chi connectivity index (χ0v) is 17.6. The highest BCUT2D eigenvalue weighted by atomic mass is 32.1. The molecule has 0 atom stereocenters. The highest BCUT2D eigenvalue weighted by Gasteiger charge is 2.40. The van der Waals surface area contributed by atoms with Crippen LogP contribution in [-0.4, -0.2) is 39.8 Å². The SMILES string of the molecule is CN(Cc1ccc2nccnc2c1)C(=O)c1cccc(-c2ccc(C(=O)C(F)(F)F)s2)c1. The number of Topliss-reactive ketones (excluding diaryl/α,β-unsaturated/α-hetero) is 1. The van der Waals surface area contributed by atoms with Gasteiger partial charge in [0.2, 0.25) is 0 Å². The minimum absolute atomic E-state index is 0.241. The van der Waals surface area contributed by atoms with Gasteiger partial charge >= 0.3 is 6.18 Å². The zero-order valence-electron chi connectivity index (χ0n) is 16.8. The van der Waals surface area contributed by atoms with E-state index in [1.807, 2.05) is 18.2 Å². The fourth-order valence-electron chi connectivity index (χ4n) is 3.23. The van der Waals surface area contributed by atoms with E-state index in [9.17, 15) is 22.8 Å². The maximum atomic E-state index is 12.9. The molecule has 9 heteroatoms. The van der Waals surface area contributed by atoms with E-state index in [0.717, 1.165) is 34.0 Å². The van der Waals surface area contributed by atoms with Gasteiger partial charge in [-0.1, -0.05) is 18.2 Å². The van der Waals surface area contributed by atoms with Gasteiger partial charge in [0, 0.05) is 36.4 Å². The third-order valence-electron chi connectivity index (χ3n) is 4.78. The molecular formula is C23H16F3N3O2S. The lowest BCUT2D eigenvalue weighted by atomic mass is 10.1. The van der Waals surface area contributed by atoms with Gasteiger partial charge in [0.25, 0.3) is 11.7 Å². The Labute approximate surface area is 185 Å². The summed E-state index contributed by atoms with van der Waals surface area (Å²) in [6.07, 6.45) is -1.71. The number of benzene rings is 2. The van der Waals surface area contributed by atoms with Gasteiger partial charge in [-0.05, 0) is 47.5 Å². The molecule has 32 heavy (non-hydrogen) atoms. The molecule has 2 heterocycles. The van der Waals surface area contributed by atoms with Crippen molar-refractivity contribution >= 4 is 34.1 Å². The molecule has 0 aliphatic heterocycles. The van der Waals surface area contributed by atoms with Crippen LogP contribution in [0.3, 0.4) is 0 Å². The molecule has 1 amide bonds. The Bertz CT molecular complexity index is 1320. The van der Waals surface area contributed by atoms with Crippen molar-refractivity contribution in [2.45, 2.75) is 12.7 Å². The van der Waals surface area contributed by atoms with Gasteiger partial charge in [-0.3, -0.25) is 19.6 Å². The van der Waals surface area contributed by atoms with Crippen molar-refractivity contribution in [2.75, 3.05) is 7.05 Å². The number of rotatable bonds is 5. The Balaban J connectivity index is 1.52. The van der Waals surface area contributed by atoms with Crippen molar-refractivity contribution in [3.8, 4) is 10.4 Å². The molecule has 162 valence electrons. The van der Waals surface area contributed by atoms with E-state index in [-0.39, 0.29) is 10.8 Å². The van der Waals surface area contributed by atoms with Crippen LogP contribution >= 0.6 is 11.3 Å². The highest BCUT2D eigenvalue weighted by molar-refractivity contribution is 7.17. The maximum Gasteiger partial charge on any atom is 0.455 e. The van der Waals surface area contributed by atoms with Gasteiger partial charge in [0.05, 0.1) is 15.9 Å². The van der Waals surface area contributed by atoms with Crippen LogP contribution in [0.15, 0.2) is 67.0 Å². The van der Waals surface area contributed by atoms with Gasteiger partial charge in [-0.25, -0.2) is 0 Å². The van der Waals surface area contributed by atoms with Crippen molar-refractivity contribution in [1.29, 1.82) is 0 Å². The number of alkyl halides is 3. The van der Waals surface area contributed by atoms with E-state index in [2.05, 4.69) is 9.97 Å². The topological polar surface area (TPSA) is 63.2 Å². The summed E-state index contributed by atoms with van der Waals surface area (Å²) in [5.74, 6) is -2.12. The van der Waals surface area contributed by atoms with Gasteiger partial charge in [0.15, 0.2) is 0 Å². The van der Waals surface area contributed by atoms with Crippen LogP contribution in [0, 0.1) is 0 Å². The van der Waals surface area contributed by atoms with Crippen molar-refractivity contribution < 1.29 is 22.8 Å². The molecule has 0 N–H and O–H groups in total. The third kappa shape index (κ3) is 4.52. The number of halogens is 3. The molecule has 0 saturated heterocycles. The molecule has 0 saturated carbocycles. The predicted molar refractivity (Wildman–Crippen MR) is 115 cm³/mol. The Hall–Kier alpha value is -3.59. The lowest BCUT2D eigenvalue weighted by Gasteiger charge is -2.18. The normalized spacial score (nSPS) is 11.5. The average molecular weight is 455 g/mol. The molecule has 0 bridgehead atoms. The number of nitrogens with zero attached hydrogens (tertiary/aromatic N) is 3. The summed E-state index contributed by atoms with van der Waals surface area (Å²) < 4.78 is 38.0. The fourth-order valence-corrected chi connectivity index (χ4v) is 4.20. The van der Waals surface area contributed by atoms with Crippen LogP contribution in [0.25, 0.3) is 21.5 Å². The van der Waals surface area contributed by atoms with Crippen LogP contribution in [-0.2, 0) is 6.54 Å². The first-order valence-corrected chi connectivity index (χ1v) is 10.3. The Morgan fingerprint density at radius 1 is 0.969 bits per heavy atom. The first-order chi connectivity index (χ1) is 15.2. The second-order valence-corrected chi connectivity index (χ2v) is 8.20. The van der Waals surface area contributed by atoms with Crippen LogP contribution in [0.4, 0.5) is 13.2 Å². The van der Waals surface area contributed by atoms with Crippen LogP contribution < -0.4 is 0 Å². The lowest BCUT2D eigenvalue weighted by Crippen LogP contribution is -2.26. The molecular weight excluding hydrogens is 439 g/mol. The summed E-state index contributed by atoms with van der Waals surface area (Å²) in [6.45, 7) is 0.346. The second kappa shape index (κ2) is 8.51. The molecule has 4 aromatic rings. The Morgan fingerprint density at radius 2 is 1.72 bits per heavy atom. The molecule has 0 unspecified atom stereocenters. The summed E-state index contributed by atoms with van der Waals surface area (Å²) in [4.78, 5) is 34.5. The number of fused-ring (bicyclic) bond motifs is 1. The van der Waals surface area contributed by atoms with Crippen LogP contribution in [0.2, 0.25) is 0 Å². The maximum absolute atomic E-state index is 12.9. The van der Waals surface area contributed by atoms with Crippen molar-refractivity contribution in [1.82, 2.24) is 14.9 Å². The van der Waals surface area contributed by atoms with E-state index >= 15 is 0 Å². The van der Waals surface area contributed by atoms with E-state index < -0.39 is 12.0 Å². The fraction of sp³-hybridized carbons (Fsp3) is 0.130. The van der Waals surface area contributed by atoms with Crippen LogP contribution in [0.5, 0.6) is 0 Å². The first kappa shape index (κ1) is 21.6. The number of thiophene rings is 1. The van der Waals surface area contributed by atoms with Crippen molar-refractivity contribution in [2.24, 2.45) is 0 Å². The van der Waals surface area contributed by atoms with Crippen LogP contribution in [0.1, 0.15) is 25.6 Å². The summed E-state index contributed by atoms with van der Waals surface area (Å²) >= 11 is 0.746. The standard InChI is InChI=1S/C23H16F3N3O2S/c1-29(13-14-5-6-17-18(11-14)28-10-9-27-17)22(31)16-4-2-3-15(12-16)19-7-8-20(32-19)21(30)23(24,25)26/h2-12H,13H2,1H3. The number of ketones is 1. The molecule has 2 aromatic carbocycles. The number of amides is 1. The minimum atomic E-state index is -4.92. The smallest absolute Gasteiger partial charge is 0.337 e. The van der Waals surface area contributed by atoms with E-state index in [4.69, 9.17) is 0 Å². The molecule has 0 spiro atoms. The Morgan fingerprint density at radius 3 is 2.47 bits per heavy atom. The molecule has 4 rings (SSSR count). The minimum Gasteiger partial charge on any atom is -0.337 e. The average Bonchev–Trinajstić information content (AvgIpc) is 3.27. The quantitative estimate of drug-likeness (QED) is 0.379. The van der Waals surface area contributed by atoms with Gasteiger partial charge in [-0.15, -0.1) is 11.3 Å². The number of carbonyl (C=O) groups excluding carboxylic acids is 2. The van der Waals surface area contributed by atoms with Crippen molar-refractivity contribution in [3.05, 3.63) is 83.0 Å². The number of aromatic nitrogens is 2. The molecule has 0 aliphatic carbocycles. The summed E-state index contributed by atoms with van der Waals surface area (Å²) in [6, 6.07) is 14.8. The van der Waals surface area contributed by atoms with Crippen molar-refractivity contribution in [3.63, 3.8) is 0 Å². The molecule has 5 nitrogen and oxygen atoms in total. The number of carbonyl (C=O) groups is 2. The van der Waals surface area contributed by atoms with Gasteiger partial charge in [-0.2, -0.15) is 13.2 Å². The van der Waals surface area contributed by atoms with Gasteiger partial charge < -0.3 is 4.90 Å². The third-order valence-corrected chi connectivity index (χ3v) is 5.91. The zero-order chi connectivity index (χ0) is 22.9. The largest absolute Gasteiger partial charge is 0.455 e. The molecule has 0 radical (unpaired) electrons. The predicted octanol–water partition coefficient (Wildman–Crippen LogP) is 5.38. The summed E-state index contributed by atoms with van der Waals surface area (Å²) in [5, 5.41) is 0. The van der Waals surface area contributed by atoms with E-state index in [0.29, 0.717) is 22.5 Å². The second-order valence-electron chi connectivity index (χ2n) is 7.11. The molecule has 2 aromatic heterocycles. The first-order valence-electron chi connectivity index (χ1n) is 9.49.